The summed E-state index contributed by atoms with van der Waals surface area (Å²) in [5, 5.41) is 9.47. The van der Waals surface area contributed by atoms with Gasteiger partial charge >= 0.3 is 0 Å². The van der Waals surface area contributed by atoms with Crippen LogP contribution in [0.1, 0.15) is 24.8 Å². The van der Waals surface area contributed by atoms with Crippen molar-refractivity contribution in [2.45, 2.75) is 19.3 Å². The van der Waals surface area contributed by atoms with Crippen molar-refractivity contribution in [2.75, 3.05) is 20.1 Å². The van der Waals surface area contributed by atoms with Crippen LogP contribution in [0.5, 0.6) is 5.75 Å². The Balaban J connectivity index is 2.17. The zero-order chi connectivity index (χ0) is 10.8. The highest BCUT2D eigenvalue weighted by atomic mass is 16.3. The van der Waals surface area contributed by atoms with Gasteiger partial charge in [0.1, 0.15) is 5.75 Å². The van der Waals surface area contributed by atoms with E-state index in [1.165, 1.54) is 12.0 Å². The number of piperidine rings is 1. The largest absolute Gasteiger partial charge is 0.508 e. The van der Waals surface area contributed by atoms with Crippen LogP contribution in [-0.2, 0) is 0 Å². The Morgan fingerprint density at radius 2 is 2.20 bits per heavy atom. The smallest absolute Gasteiger partial charge is 0.115 e. The zero-order valence-corrected chi connectivity index (χ0v) is 9.48. The van der Waals surface area contributed by atoms with Crippen LogP contribution >= 0.6 is 0 Å². The summed E-state index contributed by atoms with van der Waals surface area (Å²) in [7, 11) is 2.18. The quantitative estimate of drug-likeness (QED) is 0.761. The van der Waals surface area contributed by atoms with Crippen LogP contribution in [-0.4, -0.2) is 30.1 Å². The van der Waals surface area contributed by atoms with Crippen LogP contribution in [0.15, 0.2) is 24.3 Å². The molecule has 0 saturated carbocycles. The summed E-state index contributed by atoms with van der Waals surface area (Å²) < 4.78 is 0. The SMILES string of the molecule is C[C@H]1CN(C)CC[C@H]1c1cccc(O)c1. The molecule has 1 aromatic carbocycles. The van der Waals surface area contributed by atoms with E-state index in [4.69, 9.17) is 0 Å². The maximum absolute atomic E-state index is 9.47. The monoisotopic (exact) mass is 205 g/mol. The molecule has 0 bridgehead atoms. The topological polar surface area (TPSA) is 23.5 Å². The minimum atomic E-state index is 0.388. The highest BCUT2D eigenvalue weighted by molar-refractivity contribution is 5.30. The maximum atomic E-state index is 9.47. The van der Waals surface area contributed by atoms with E-state index < -0.39 is 0 Å². The van der Waals surface area contributed by atoms with Crippen LogP contribution in [0.4, 0.5) is 0 Å². The number of hydrogen-bond acceptors (Lipinski definition) is 2. The van der Waals surface area contributed by atoms with E-state index in [0.717, 1.165) is 13.1 Å². The van der Waals surface area contributed by atoms with E-state index in [9.17, 15) is 5.11 Å². The van der Waals surface area contributed by atoms with Gasteiger partial charge in [0.25, 0.3) is 0 Å². The number of phenolic OH excluding ortho intramolecular Hbond substituents is 1. The second-order valence-electron chi connectivity index (χ2n) is 4.73. The maximum Gasteiger partial charge on any atom is 0.115 e. The van der Waals surface area contributed by atoms with Gasteiger partial charge in [-0.2, -0.15) is 0 Å². The van der Waals surface area contributed by atoms with Crippen molar-refractivity contribution in [3.05, 3.63) is 29.8 Å². The normalized spacial score (nSPS) is 27.9. The van der Waals surface area contributed by atoms with Crippen LogP contribution in [0.25, 0.3) is 0 Å². The lowest BCUT2D eigenvalue weighted by molar-refractivity contribution is 0.195. The second kappa shape index (κ2) is 4.23. The van der Waals surface area contributed by atoms with Gasteiger partial charge in [0.2, 0.25) is 0 Å². The number of aromatic hydroxyl groups is 1. The summed E-state index contributed by atoms with van der Waals surface area (Å²) in [5.74, 6) is 1.66. The number of rotatable bonds is 1. The standard InChI is InChI=1S/C13H19NO/c1-10-9-14(2)7-6-13(10)11-4-3-5-12(15)8-11/h3-5,8,10,13,15H,6-7,9H2,1-2H3/t10-,13+/m0/s1. The minimum absolute atomic E-state index is 0.388. The molecule has 15 heavy (non-hydrogen) atoms. The van der Waals surface area contributed by atoms with Crippen molar-refractivity contribution in [3.8, 4) is 5.75 Å². The molecule has 1 aromatic rings. The molecule has 2 nitrogen and oxygen atoms in total. The Labute approximate surface area is 91.5 Å². The predicted octanol–water partition coefficient (Wildman–Crippen LogP) is 2.45. The van der Waals surface area contributed by atoms with Gasteiger partial charge in [-0.15, -0.1) is 0 Å². The number of phenols is 1. The molecular formula is C13H19NO. The van der Waals surface area contributed by atoms with Crippen molar-refractivity contribution < 1.29 is 5.11 Å². The van der Waals surface area contributed by atoms with Crippen molar-refractivity contribution >= 4 is 0 Å². The Morgan fingerprint density at radius 1 is 1.40 bits per heavy atom. The number of nitrogens with zero attached hydrogens (tertiary/aromatic N) is 1. The molecule has 0 radical (unpaired) electrons. The first-order valence-corrected chi connectivity index (χ1v) is 5.64. The molecule has 0 amide bonds. The van der Waals surface area contributed by atoms with E-state index in [1.54, 1.807) is 6.07 Å². The van der Waals surface area contributed by atoms with Gasteiger partial charge in [-0.25, -0.2) is 0 Å². The van der Waals surface area contributed by atoms with Gasteiger partial charge in [0, 0.05) is 6.54 Å². The fraction of sp³-hybridized carbons (Fsp3) is 0.538. The molecule has 0 unspecified atom stereocenters. The number of hydrogen-bond donors (Lipinski definition) is 1. The highest BCUT2D eigenvalue weighted by Gasteiger charge is 2.25. The van der Waals surface area contributed by atoms with Gasteiger partial charge in [-0.3, -0.25) is 0 Å². The van der Waals surface area contributed by atoms with Crippen molar-refractivity contribution in [1.82, 2.24) is 4.90 Å². The molecule has 1 aliphatic heterocycles. The first-order valence-electron chi connectivity index (χ1n) is 5.64. The summed E-state index contributed by atoms with van der Waals surface area (Å²) in [4.78, 5) is 2.38. The molecule has 82 valence electrons. The summed E-state index contributed by atoms with van der Waals surface area (Å²) in [6.45, 7) is 4.61. The predicted molar refractivity (Wildman–Crippen MR) is 62.1 cm³/mol. The molecular weight excluding hydrogens is 186 g/mol. The lowest BCUT2D eigenvalue weighted by Crippen LogP contribution is -2.35. The molecule has 2 heteroatoms. The van der Waals surface area contributed by atoms with E-state index in [1.807, 2.05) is 12.1 Å². The third-order valence-electron chi connectivity index (χ3n) is 3.41. The van der Waals surface area contributed by atoms with E-state index in [0.29, 0.717) is 17.6 Å². The van der Waals surface area contributed by atoms with Crippen LogP contribution in [0.2, 0.25) is 0 Å². The minimum Gasteiger partial charge on any atom is -0.508 e. The average molecular weight is 205 g/mol. The lowest BCUT2D eigenvalue weighted by atomic mass is 9.82. The Hall–Kier alpha value is -1.02. The molecule has 1 N–H and O–H groups in total. The van der Waals surface area contributed by atoms with Gasteiger partial charge in [0.15, 0.2) is 0 Å². The van der Waals surface area contributed by atoms with E-state index >= 15 is 0 Å². The molecule has 2 rings (SSSR count). The highest BCUT2D eigenvalue weighted by Crippen LogP contribution is 2.33. The first kappa shape index (κ1) is 10.5. The van der Waals surface area contributed by atoms with E-state index in [2.05, 4.69) is 24.9 Å². The molecule has 0 aliphatic carbocycles. The van der Waals surface area contributed by atoms with Crippen LogP contribution < -0.4 is 0 Å². The molecule has 1 saturated heterocycles. The third kappa shape index (κ3) is 2.32. The summed E-state index contributed by atoms with van der Waals surface area (Å²) in [5.41, 5.74) is 1.29. The Bertz CT molecular complexity index is 337. The molecule has 1 fully saturated rings. The first-order chi connectivity index (χ1) is 7.16. The molecule has 0 spiro atoms. The number of likely N-dealkylation sites (tertiary alicyclic amines) is 1. The fourth-order valence-corrected chi connectivity index (χ4v) is 2.60. The Kier molecular flexibility index (Phi) is 2.96. The van der Waals surface area contributed by atoms with E-state index in [-0.39, 0.29) is 0 Å². The second-order valence-corrected chi connectivity index (χ2v) is 4.73. The molecule has 0 aromatic heterocycles. The van der Waals surface area contributed by atoms with Crippen molar-refractivity contribution in [2.24, 2.45) is 5.92 Å². The lowest BCUT2D eigenvalue weighted by Gasteiger charge is -2.35. The molecule has 1 heterocycles. The van der Waals surface area contributed by atoms with Crippen molar-refractivity contribution in [3.63, 3.8) is 0 Å². The van der Waals surface area contributed by atoms with Crippen LogP contribution in [0, 0.1) is 5.92 Å². The average Bonchev–Trinajstić information content (AvgIpc) is 2.17. The number of benzene rings is 1. The molecule has 2 atom stereocenters. The summed E-state index contributed by atoms with van der Waals surface area (Å²) >= 11 is 0. The van der Waals surface area contributed by atoms with Gasteiger partial charge in [0.05, 0.1) is 0 Å². The summed E-state index contributed by atoms with van der Waals surface area (Å²) in [6.07, 6.45) is 1.20. The Morgan fingerprint density at radius 3 is 2.87 bits per heavy atom. The third-order valence-corrected chi connectivity index (χ3v) is 3.41. The van der Waals surface area contributed by atoms with Crippen molar-refractivity contribution in [1.29, 1.82) is 0 Å². The van der Waals surface area contributed by atoms with Gasteiger partial charge < -0.3 is 10.0 Å². The fourth-order valence-electron chi connectivity index (χ4n) is 2.60. The van der Waals surface area contributed by atoms with Gasteiger partial charge in [-0.1, -0.05) is 19.1 Å². The van der Waals surface area contributed by atoms with Gasteiger partial charge in [-0.05, 0) is 49.5 Å². The van der Waals surface area contributed by atoms with Crippen LogP contribution in [0.3, 0.4) is 0 Å². The summed E-state index contributed by atoms with van der Waals surface area (Å²) in [6, 6.07) is 7.72. The molecule has 1 aliphatic rings. The zero-order valence-electron chi connectivity index (χ0n) is 9.48.